The van der Waals surface area contributed by atoms with Gasteiger partial charge in [-0.15, -0.1) is 0 Å². The van der Waals surface area contributed by atoms with Crippen molar-refractivity contribution in [2.45, 2.75) is 44.4 Å². The summed E-state index contributed by atoms with van der Waals surface area (Å²) in [5.41, 5.74) is -0.731. The number of carbonyl (C=O) groups is 2. The van der Waals surface area contributed by atoms with Crippen LogP contribution >= 0.6 is 10.6 Å². The van der Waals surface area contributed by atoms with Gasteiger partial charge < -0.3 is 20.4 Å². The van der Waals surface area contributed by atoms with Crippen LogP contribution in [0.2, 0.25) is 0 Å². The van der Waals surface area contributed by atoms with Crippen LogP contribution in [0.5, 0.6) is 0 Å². The largest absolute Gasteiger partial charge is 0.478 e. The third-order valence-corrected chi connectivity index (χ3v) is 7.41. The molecule has 4 heterocycles. The predicted octanol–water partition coefficient (Wildman–Crippen LogP) is 1.81. The number of hydrogen-bond donors (Lipinski definition) is 5. The molecule has 0 amide bonds. The first-order valence-corrected chi connectivity index (χ1v) is 11.6. The molecule has 0 bridgehead atoms. The van der Waals surface area contributed by atoms with Crippen LogP contribution in [-0.4, -0.2) is 74.9 Å². The average molecular weight is 453 g/mol. The average Bonchev–Trinajstić information content (AvgIpc) is 3.35. The highest BCUT2D eigenvalue weighted by Crippen LogP contribution is 2.45. The lowest BCUT2D eigenvalue weighted by Gasteiger charge is -2.39. The van der Waals surface area contributed by atoms with E-state index < -0.39 is 34.6 Å². The molecule has 4 rings (SSSR count). The van der Waals surface area contributed by atoms with E-state index in [1.807, 2.05) is 6.92 Å². The second-order valence-corrected chi connectivity index (χ2v) is 10.0. The lowest BCUT2D eigenvalue weighted by Crippen LogP contribution is -2.46. The Hall–Kier alpha value is -2.90. The van der Waals surface area contributed by atoms with Crippen molar-refractivity contribution < 1.29 is 33.7 Å². The van der Waals surface area contributed by atoms with Crippen molar-refractivity contribution in [3.8, 4) is 0 Å². The summed E-state index contributed by atoms with van der Waals surface area (Å²) < 4.78 is 21.5. The number of nitrogens with one attached hydrogen (secondary N) is 1. The smallest absolute Gasteiger partial charge is 0.363 e. The summed E-state index contributed by atoms with van der Waals surface area (Å²) in [7, 11) is -2.55. The van der Waals surface area contributed by atoms with E-state index in [1.54, 1.807) is 10.9 Å². The molecular weight excluding hydrogens is 430 g/mol. The number of aliphatic carboxylic acids is 2. The number of carboxylic acids is 2. The number of aromatic nitrogens is 3. The van der Waals surface area contributed by atoms with Gasteiger partial charge in [-0.2, -0.15) is 15.7 Å². The normalized spacial score (nSPS) is 21.3. The molecule has 2 aromatic heterocycles. The molecule has 5 N–H and O–H groups in total. The van der Waals surface area contributed by atoms with Crippen molar-refractivity contribution in [2.24, 2.45) is 5.16 Å². The molecule has 2 aromatic rings. The number of hydrogen-bond acceptors (Lipinski definition) is 9. The van der Waals surface area contributed by atoms with E-state index in [2.05, 4.69) is 20.6 Å². The quantitative estimate of drug-likeness (QED) is 0.405. The Morgan fingerprint density at radius 3 is 2.52 bits per heavy atom. The molecule has 31 heavy (non-hydrogen) atoms. The molecule has 0 unspecified atom stereocenters. The van der Waals surface area contributed by atoms with Crippen molar-refractivity contribution >= 4 is 45.0 Å². The van der Waals surface area contributed by atoms with E-state index in [1.165, 1.54) is 6.20 Å². The standard InChI is InChI=1S/C18H23N5O7S/c1-2-23-15-12(9-20-23)14(21-10-3-5-31(28,29)6-4-10)11(8-19-15)13-7-18(16(24)25,17(26)27)30-22-13/h8-10,28-29H,2-7H2,1H3,(H,19,21)(H,24,25)(H,26,27). The number of nitrogens with zero attached hydrogens (tertiary/aromatic N) is 4. The summed E-state index contributed by atoms with van der Waals surface area (Å²) in [5, 5.41) is 31.0. The third kappa shape index (κ3) is 3.68. The molecule has 1 saturated heterocycles. The van der Waals surface area contributed by atoms with Crippen LogP contribution in [0.15, 0.2) is 17.5 Å². The summed E-state index contributed by atoms with van der Waals surface area (Å²) in [5.74, 6) is -2.71. The highest BCUT2D eigenvalue weighted by atomic mass is 32.3. The maximum atomic E-state index is 11.6. The molecule has 168 valence electrons. The molecule has 0 saturated carbocycles. The molecule has 0 atom stereocenters. The van der Waals surface area contributed by atoms with E-state index in [0.717, 1.165) is 0 Å². The summed E-state index contributed by atoms with van der Waals surface area (Å²) in [6, 6.07) is -0.0686. The number of carboxylic acid groups (broad SMARTS) is 2. The molecule has 12 nitrogen and oxygen atoms in total. The van der Waals surface area contributed by atoms with Gasteiger partial charge in [-0.3, -0.25) is 9.11 Å². The maximum Gasteiger partial charge on any atom is 0.363 e. The third-order valence-electron chi connectivity index (χ3n) is 5.63. The zero-order valence-electron chi connectivity index (χ0n) is 16.7. The van der Waals surface area contributed by atoms with E-state index in [9.17, 15) is 28.9 Å². The number of fused-ring (bicyclic) bond motifs is 1. The lowest BCUT2D eigenvalue weighted by molar-refractivity contribution is -0.179. The summed E-state index contributed by atoms with van der Waals surface area (Å²) in [6.45, 7) is 2.51. The minimum absolute atomic E-state index is 0.0686. The highest BCUT2D eigenvalue weighted by molar-refractivity contribution is 8.24. The molecule has 0 radical (unpaired) electrons. The zero-order valence-corrected chi connectivity index (χ0v) is 17.5. The van der Waals surface area contributed by atoms with Crippen molar-refractivity contribution in [2.75, 3.05) is 16.8 Å². The molecule has 2 aliphatic rings. The number of aryl methyl sites for hydroxylation is 1. The Bertz CT molecular complexity index is 1060. The van der Waals surface area contributed by atoms with Gasteiger partial charge in [0.1, 0.15) is 0 Å². The lowest BCUT2D eigenvalue weighted by atomic mass is 9.93. The second kappa shape index (κ2) is 7.66. The van der Waals surface area contributed by atoms with Crippen LogP contribution in [-0.2, 0) is 21.0 Å². The van der Waals surface area contributed by atoms with E-state index in [0.29, 0.717) is 41.7 Å². The molecule has 0 spiro atoms. The van der Waals surface area contributed by atoms with Gasteiger partial charge >= 0.3 is 17.5 Å². The zero-order chi connectivity index (χ0) is 22.4. The van der Waals surface area contributed by atoms with E-state index in [-0.39, 0.29) is 23.3 Å². The van der Waals surface area contributed by atoms with Crippen LogP contribution in [0.4, 0.5) is 5.69 Å². The Morgan fingerprint density at radius 1 is 1.26 bits per heavy atom. The Labute approximate surface area is 178 Å². The Kier molecular flexibility index (Phi) is 5.27. The Morgan fingerprint density at radius 2 is 1.94 bits per heavy atom. The van der Waals surface area contributed by atoms with Gasteiger partial charge in [0.25, 0.3) is 0 Å². The van der Waals surface area contributed by atoms with Crippen molar-refractivity contribution in [1.29, 1.82) is 0 Å². The van der Waals surface area contributed by atoms with Crippen LogP contribution in [0.3, 0.4) is 0 Å². The van der Waals surface area contributed by atoms with Gasteiger partial charge in [-0.05, 0) is 19.8 Å². The minimum atomic E-state index is -2.55. The first kappa shape index (κ1) is 21.3. The Balaban J connectivity index is 1.73. The van der Waals surface area contributed by atoms with Crippen molar-refractivity contribution in [1.82, 2.24) is 14.8 Å². The molecule has 1 fully saturated rings. The van der Waals surface area contributed by atoms with Gasteiger partial charge in [0, 0.05) is 35.9 Å². The van der Waals surface area contributed by atoms with Gasteiger partial charge in [0.15, 0.2) is 5.65 Å². The molecule has 13 heteroatoms. The minimum Gasteiger partial charge on any atom is -0.478 e. The van der Waals surface area contributed by atoms with Crippen LogP contribution < -0.4 is 5.32 Å². The highest BCUT2D eigenvalue weighted by Gasteiger charge is 2.55. The van der Waals surface area contributed by atoms with Crippen molar-refractivity contribution in [3.63, 3.8) is 0 Å². The van der Waals surface area contributed by atoms with Crippen LogP contribution in [0.1, 0.15) is 31.7 Å². The molecule has 2 aliphatic heterocycles. The fraction of sp³-hybridized carbons (Fsp3) is 0.500. The number of pyridine rings is 1. The van der Waals surface area contributed by atoms with Gasteiger partial charge in [-0.25, -0.2) is 19.3 Å². The fourth-order valence-corrected chi connectivity index (χ4v) is 5.32. The number of oxime groups is 1. The second-order valence-electron chi connectivity index (χ2n) is 7.62. The summed E-state index contributed by atoms with van der Waals surface area (Å²) in [4.78, 5) is 32.5. The predicted molar refractivity (Wildman–Crippen MR) is 113 cm³/mol. The van der Waals surface area contributed by atoms with Gasteiger partial charge in [0.05, 0.1) is 29.4 Å². The number of rotatable bonds is 6. The first-order valence-electron chi connectivity index (χ1n) is 9.73. The maximum absolute atomic E-state index is 11.6. The van der Waals surface area contributed by atoms with E-state index in [4.69, 9.17) is 4.84 Å². The summed E-state index contributed by atoms with van der Waals surface area (Å²) in [6.07, 6.45) is 3.73. The SMILES string of the molecule is CCn1ncc2c(NC3CCS(O)(O)CC3)c(C3=NOC(C(=O)O)(C(=O)O)C3)cnc21. The molecule has 0 aliphatic carbocycles. The van der Waals surface area contributed by atoms with Crippen LogP contribution in [0.25, 0.3) is 11.0 Å². The summed E-state index contributed by atoms with van der Waals surface area (Å²) >= 11 is 0. The number of anilines is 1. The topological polar surface area (TPSA) is 179 Å². The van der Waals surface area contributed by atoms with Crippen LogP contribution in [0, 0.1) is 0 Å². The molecular formula is C18H23N5O7S. The first-order chi connectivity index (χ1) is 14.7. The molecule has 0 aromatic carbocycles. The van der Waals surface area contributed by atoms with E-state index >= 15 is 0 Å². The fourth-order valence-electron chi connectivity index (χ4n) is 3.79. The van der Waals surface area contributed by atoms with Crippen molar-refractivity contribution in [3.05, 3.63) is 18.0 Å². The van der Waals surface area contributed by atoms with Gasteiger partial charge in [0.2, 0.25) is 0 Å². The van der Waals surface area contributed by atoms with Gasteiger partial charge in [-0.1, -0.05) is 5.16 Å². The monoisotopic (exact) mass is 453 g/mol.